The highest BCUT2D eigenvalue weighted by atomic mass is 16.6. The van der Waals surface area contributed by atoms with Crippen LogP contribution in [0.4, 0.5) is 4.79 Å². The van der Waals surface area contributed by atoms with E-state index in [0.717, 1.165) is 24.8 Å². The number of fused-ring (bicyclic) bond motifs is 2. The Morgan fingerprint density at radius 2 is 1.86 bits per heavy atom. The molecule has 28 heavy (non-hydrogen) atoms. The summed E-state index contributed by atoms with van der Waals surface area (Å²) >= 11 is 0. The number of benzene rings is 1. The summed E-state index contributed by atoms with van der Waals surface area (Å²) in [5.41, 5.74) is 0.399. The average Bonchev–Trinajstić information content (AvgIpc) is 2.72. The van der Waals surface area contributed by atoms with Crippen LogP contribution in [0.25, 0.3) is 0 Å². The number of carbonyl (C=O) groups is 1. The Hall–Kier alpha value is -2.67. The van der Waals surface area contributed by atoms with Crippen molar-refractivity contribution in [1.82, 2.24) is 15.1 Å². The quantitative estimate of drug-likeness (QED) is 0.874. The van der Waals surface area contributed by atoms with Gasteiger partial charge in [0.05, 0.1) is 12.8 Å². The zero-order chi connectivity index (χ0) is 19.6. The normalized spacial score (nSPS) is 26.6. The van der Waals surface area contributed by atoms with Crippen LogP contribution in [0.15, 0.2) is 42.5 Å². The maximum absolute atomic E-state index is 12.8. The molecule has 2 unspecified atom stereocenters. The van der Waals surface area contributed by atoms with E-state index in [4.69, 9.17) is 9.47 Å². The van der Waals surface area contributed by atoms with Crippen molar-refractivity contribution in [3.63, 3.8) is 0 Å². The van der Waals surface area contributed by atoms with Crippen LogP contribution in [0.3, 0.4) is 0 Å². The van der Waals surface area contributed by atoms with Gasteiger partial charge < -0.3 is 19.5 Å². The lowest BCUT2D eigenvalue weighted by atomic mass is 9.74. The van der Waals surface area contributed by atoms with Crippen LogP contribution >= 0.6 is 0 Å². The number of nitrogens with zero attached hydrogens (tertiary/aromatic N) is 3. The van der Waals surface area contributed by atoms with Crippen molar-refractivity contribution in [2.75, 3.05) is 7.11 Å². The Labute approximate surface area is 164 Å². The molecule has 1 amide bonds. The van der Waals surface area contributed by atoms with E-state index in [2.05, 4.69) is 10.2 Å². The molecular formula is C21H25N3O4. The van der Waals surface area contributed by atoms with E-state index in [1.165, 1.54) is 7.11 Å². The van der Waals surface area contributed by atoms with Gasteiger partial charge in [-0.2, -0.15) is 0 Å². The third-order valence-corrected chi connectivity index (χ3v) is 5.75. The number of rotatable bonds is 4. The fourth-order valence-electron chi connectivity index (χ4n) is 4.41. The molecule has 2 aromatic rings. The highest BCUT2D eigenvalue weighted by Crippen LogP contribution is 2.44. The molecule has 1 aromatic carbocycles. The second-order valence-electron chi connectivity index (χ2n) is 7.59. The molecule has 0 aliphatic carbocycles. The van der Waals surface area contributed by atoms with Crippen molar-refractivity contribution in [3.05, 3.63) is 53.7 Å². The molecule has 3 heterocycles. The Morgan fingerprint density at radius 3 is 2.46 bits per heavy atom. The number of carbonyl (C=O) groups excluding carboxylic acids is 1. The molecule has 2 bridgehead atoms. The second-order valence-corrected chi connectivity index (χ2v) is 7.59. The third kappa shape index (κ3) is 3.67. The molecule has 7 nitrogen and oxygen atoms in total. The van der Waals surface area contributed by atoms with Gasteiger partial charge in [-0.15, -0.1) is 10.2 Å². The van der Waals surface area contributed by atoms with Crippen LogP contribution < -0.4 is 4.74 Å². The summed E-state index contributed by atoms with van der Waals surface area (Å²) in [6.45, 7) is 0.254. The van der Waals surface area contributed by atoms with Crippen molar-refractivity contribution in [2.45, 2.75) is 56.4 Å². The fraction of sp³-hybridized carbons (Fsp3) is 0.476. The first kappa shape index (κ1) is 18.7. The van der Waals surface area contributed by atoms with E-state index in [1.54, 1.807) is 12.1 Å². The van der Waals surface area contributed by atoms with Gasteiger partial charge in [-0.3, -0.25) is 0 Å². The predicted molar refractivity (Wildman–Crippen MR) is 102 cm³/mol. The van der Waals surface area contributed by atoms with Crippen molar-refractivity contribution < 1.29 is 19.4 Å². The minimum Gasteiger partial charge on any atom is -0.480 e. The van der Waals surface area contributed by atoms with Crippen molar-refractivity contribution in [3.8, 4) is 5.88 Å². The van der Waals surface area contributed by atoms with Gasteiger partial charge in [-0.25, -0.2) is 4.79 Å². The molecule has 1 aromatic heterocycles. The number of ether oxygens (including phenoxy) is 2. The SMILES string of the molecule is COc1ccc(C2(O)CC3CCCC(C2)N3C(=O)OCc2ccccc2)nn1. The van der Waals surface area contributed by atoms with Crippen LogP contribution in [0, 0.1) is 0 Å². The zero-order valence-corrected chi connectivity index (χ0v) is 16.0. The minimum atomic E-state index is -1.09. The minimum absolute atomic E-state index is 0.0651. The van der Waals surface area contributed by atoms with Gasteiger partial charge in [0.25, 0.3) is 0 Å². The summed E-state index contributed by atoms with van der Waals surface area (Å²) in [4.78, 5) is 14.6. The first-order chi connectivity index (χ1) is 13.6. The van der Waals surface area contributed by atoms with E-state index in [-0.39, 0.29) is 24.8 Å². The van der Waals surface area contributed by atoms with Gasteiger partial charge in [0.1, 0.15) is 12.2 Å². The molecule has 2 fully saturated rings. The fourth-order valence-corrected chi connectivity index (χ4v) is 4.41. The maximum atomic E-state index is 12.8. The van der Waals surface area contributed by atoms with Gasteiger partial charge in [0, 0.05) is 31.0 Å². The van der Waals surface area contributed by atoms with E-state index in [0.29, 0.717) is 24.4 Å². The molecule has 1 N–H and O–H groups in total. The number of amides is 1. The van der Waals surface area contributed by atoms with Crippen LogP contribution in [-0.2, 0) is 16.9 Å². The molecule has 148 valence electrons. The molecule has 4 rings (SSSR count). The maximum Gasteiger partial charge on any atom is 0.410 e. The molecule has 0 saturated carbocycles. The molecule has 0 spiro atoms. The Bertz CT molecular complexity index is 798. The molecular weight excluding hydrogens is 358 g/mol. The molecule has 2 saturated heterocycles. The highest BCUT2D eigenvalue weighted by Gasteiger charge is 2.49. The number of piperidine rings is 2. The molecule has 7 heteroatoms. The monoisotopic (exact) mass is 383 g/mol. The zero-order valence-electron chi connectivity index (χ0n) is 16.0. The van der Waals surface area contributed by atoms with E-state index < -0.39 is 5.60 Å². The predicted octanol–water partition coefficient (Wildman–Crippen LogP) is 3.03. The van der Waals surface area contributed by atoms with Crippen molar-refractivity contribution >= 4 is 6.09 Å². The first-order valence-electron chi connectivity index (χ1n) is 9.69. The molecule has 2 atom stereocenters. The number of hydrogen-bond donors (Lipinski definition) is 1. The van der Waals surface area contributed by atoms with Gasteiger partial charge in [-0.05, 0) is 30.9 Å². The molecule has 2 aliphatic rings. The Balaban J connectivity index is 1.47. The topological polar surface area (TPSA) is 84.8 Å². The molecule has 0 radical (unpaired) electrons. The van der Waals surface area contributed by atoms with Gasteiger partial charge in [-0.1, -0.05) is 30.3 Å². The number of hydrogen-bond acceptors (Lipinski definition) is 6. The standard InChI is InChI=1S/C21H25N3O4/c1-27-19-11-10-18(22-23-19)21(26)12-16-8-5-9-17(13-21)24(16)20(25)28-14-15-6-3-2-4-7-15/h2-4,6-7,10-11,16-17,26H,5,8-9,12-14H2,1H3. The number of aliphatic hydroxyl groups is 1. The lowest BCUT2D eigenvalue weighted by molar-refractivity contribution is -0.0922. The number of methoxy groups -OCH3 is 1. The average molecular weight is 383 g/mol. The summed E-state index contributed by atoms with van der Waals surface area (Å²) in [5, 5.41) is 19.4. The molecule has 2 aliphatic heterocycles. The van der Waals surface area contributed by atoms with Crippen LogP contribution in [-0.4, -0.2) is 45.5 Å². The summed E-state index contributed by atoms with van der Waals surface area (Å²) in [7, 11) is 1.53. The Morgan fingerprint density at radius 1 is 1.14 bits per heavy atom. The van der Waals surface area contributed by atoms with Crippen molar-refractivity contribution in [1.29, 1.82) is 0 Å². The van der Waals surface area contributed by atoms with E-state index in [9.17, 15) is 9.90 Å². The summed E-state index contributed by atoms with van der Waals surface area (Å²) in [6.07, 6.45) is 3.31. The van der Waals surface area contributed by atoms with Gasteiger partial charge in [0.2, 0.25) is 5.88 Å². The van der Waals surface area contributed by atoms with E-state index in [1.807, 2.05) is 35.2 Å². The first-order valence-corrected chi connectivity index (χ1v) is 9.69. The van der Waals surface area contributed by atoms with E-state index >= 15 is 0 Å². The van der Waals surface area contributed by atoms with Crippen LogP contribution in [0.2, 0.25) is 0 Å². The van der Waals surface area contributed by atoms with Crippen LogP contribution in [0.1, 0.15) is 43.4 Å². The Kier molecular flexibility index (Phi) is 5.17. The summed E-state index contributed by atoms with van der Waals surface area (Å²) in [6, 6.07) is 13.0. The summed E-state index contributed by atoms with van der Waals surface area (Å²) < 4.78 is 10.6. The van der Waals surface area contributed by atoms with Gasteiger partial charge >= 0.3 is 6.09 Å². The van der Waals surface area contributed by atoms with Crippen molar-refractivity contribution in [2.24, 2.45) is 0 Å². The smallest absolute Gasteiger partial charge is 0.410 e. The largest absolute Gasteiger partial charge is 0.480 e. The lowest BCUT2D eigenvalue weighted by Gasteiger charge is -2.50. The second kappa shape index (κ2) is 7.75. The highest BCUT2D eigenvalue weighted by molar-refractivity contribution is 5.69. The van der Waals surface area contributed by atoms with Crippen LogP contribution in [0.5, 0.6) is 5.88 Å². The lowest BCUT2D eigenvalue weighted by Crippen LogP contribution is -2.59. The number of aromatic nitrogens is 2. The third-order valence-electron chi connectivity index (χ3n) is 5.75. The summed E-state index contributed by atoms with van der Waals surface area (Å²) in [5.74, 6) is 0.412. The van der Waals surface area contributed by atoms with Gasteiger partial charge in [0.15, 0.2) is 0 Å².